The second-order valence-corrected chi connectivity index (χ2v) is 17.8. The lowest BCUT2D eigenvalue weighted by Crippen LogP contribution is -2.55. The Morgan fingerprint density at radius 3 is 2.54 bits per heavy atom. The van der Waals surface area contributed by atoms with Crippen LogP contribution in [0, 0.1) is 23.7 Å². The molecule has 1 amide bonds. The highest BCUT2D eigenvalue weighted by molar-refractivity contribution is 9.09. The van der Waals surface area contributed by atoms with Crippen molar-refractivity contribution in [3.05, 3.63) is 35.1 Å². The number of nitrogens with one attached hydrogen (secondary N) is 1. The van der Waals surface area contributed by atoms with Crippen molar-refractivity contribution >= 4 is 45.8 Å². The minimum absolute atomic E-state index is 0.0199. The molecule has 7 nitrogen and oxygen atoms in total. The van der Waals surface area contributed by atoms with Crippen molar-refractivity contribution in [2.24, 2.45) is 0 Å². The van der Waals surface area contributed by atoms with Crippen LogP contribution < -0.4 is 5.32 Å². The van der Waals surface area contributed by atoms with Gasteiger partial charge in [-0.3, -0.25) is 5.32 Å². The molecule has 2 atom stereocenters. The summed E-state index contributed by atoms with van der Waals surface area (Å²) in [5, 5.41) is 15.0. The minimum Gasteiger partial charge on any atom is -0.453 e. The Hall–Kier alpha value is -1.28. The molecule has 0 unspecified atom stereocenters. The first kappa shape index (κ1) is 30.3. The number of carbonyl (C=O) groups is 1. The van der Waals surface area contributed by atoms with Gasteiger partial charge in [0, 0.05) is 16.9 Å². The van der Waals surface area contributed by atoms with Gasteiger partial charge in [0.25, 0.3) is 0 Å². The zero-order chi connectivity index (χ0) is 26.9. The number of fused-ring (bicyclic) bond motifs is 2. The first-order chi connectivity index (χ1) is 17.8. The summed E-state index contributed by atoms with van der Waals surface area (Å²) in [5.41, 5.74) is -0.191. The summed E-state index contributed by atoms with van der Waals surface area (Å²) in [6, 6.07) is 2.72. The van der Waals surface area contributed by atoms with Crippen LogP contribution in [0.3, 0.4) is 0 Å². The predicted molar refractivity (Wildman–Crippen MR) is 155 cm³/mol. The van der Waals surface area contributed by atoms with Crippen LogP contribution in [0.15, 0.2) is 35.1 Å². The average molecular weight is 582 g/mol. The molecule has 2 bridgehead atoms. The highest BCUT2D eigenvalue weighted by atomic mass is 33.5. The molecule has 0 aromatic carbocycles. The molecule has 0 saturated carbocycles. The van der Waals surface area contributed by atoms with Gasteiger partial charge in [-0.2, -0.15) is 0 Å². The Balaban J connectivity index is 2.35. The Morgan fingerprint density at radius 1 is 1.24 bits per heavy atom. The van der Waals surface area contributed by atoms with Gasteiger partial charge in [0.2, 0.25) is 5.79 Å². The van der Waals surface area contributed by atoms with E-state index < -0.39 is 31.9 Å². The van der Waals surface area contributed by atoms with Gasteiger partial charge in [-0.05, 0) is 46.4 Å². The van der Waals surface area contributed by atoms with Crippen molar-refractivity contribution in [1.82, 2.24) is 5.32 Å². The standard InChI is InChI=1S/C26H35NO6S3Si/c1-6-37(7-2,8-3)33-21-13-11-9-10-12-15-25(29)19-26(31-16-17-32-26)23(27-24(28)30-4)22(21)20(25)14-18-35-36-34-5/h9-10,14,21,29H,6-8,16-19H2,1-5H3,(H,27,28)/b10-9-,20-14-/t21-,25-/m0/s1. The lowest BCUT2D eigenvalue weighted by molar-refractivity contribution is -0.161. The molecule has 3 rings (SSSR count). The van der Waals surface area contributed by atoms with Crippen molar-refractivity contribution in [3.63, 3.8) is 0 Å². The van der Waals surface area contributed by atoms with Gasteiger partial charge < -0.3 is 23.7 Å². The van der Waals surface area contributed by atoms with Gasteiger partial charge in [0.15, 0.2) is 13.9 Å². The van der Waals surface area contributed by atoms with Crippen LogP contribution in [0.4, 0.5) is 4.79 Å². The van der Waals surface area contributed by atoms with Crippen LogP contribution >= 0.6 is 31.4 Å². The summed E-state index contributed by atoms with van der Waals surface area (Å²) >= 11 is 0. The Labute approximate surface area is 232 Å². The summed E-state index contributed by atoms with van der Waals surface area (Å²) in [5.74, 6) is 11.5. The average Bonchev–Trinajstić information content (AvgIpc) is 3.36. The normalized spacial score (nSPS) is 26.2. The number of methoxy groups -OCH3 is 1. The highest BCUT2D eigenvalue weighted by Gasteiger charge is 2.57. The number of amides is 1. The van der Waals surface area contributed by atoms with E-state index in [-0.39, 0.29) is 6.42 Å². The smallest absolute Gasteiger partial charge is 0.411 e. The van der Waals surface area contributed by atoms with Crippen molar-refractivity contribution in [3.8, 4) is 23.7 Å². The molecular weight excluding hydrogens is 547 g/mol. The molecule has 1 heterocycles. The largest absolute Gasteiger partial charge is 0.453 e. The third-order valence-electron chi connectivity index (χ3n) is 6.82. The Kier molecular flexibility index (Phi) is 11.2. The lowest BCUT2D eigenvalue weighted by atomic mass is 9.73. The van der Waals surface area contributed by atoms with Gasteiger partial charge in [0.1, 0.15) is 6.10 Å². The molecule has 11 heteroatoms. The van der Waals surface area contributed by atoms with Crippen molar-refractivity contribution in [2.45, 2.75) is 62.8 Å². The summed E-state index contributed by atoms with van der Waals surface area (Å²) in [6.45, 7) is 7.05. The highest BCUT2D eigenvalue weighted by Crippen LogP contribution is 2.49. The van der Waals surface area contributed by atoms with Gasteiger partial charge in [-0.25, -0.2) is 4.79 Å². The zero-order valence-electron chi connectivity index (χ0n) is 22.0. The van der Waals surface area contributed by atoms with Gasteiger partial charge in [-0.15, -0.1) is 0 Å². The lowest BCUT2D eigenvalue weighted by Gasteiger charge is -2.45. The second kappa shape index (κ2) is 13.7. The maximum absolute atomic E-state index is 12.6. The van der Waals surface area contributed by atoms with Crippen LogP contribution in [-0.4, -0.2) is 69.3 Å². The first-order valence-corrected chi connectivity index (χ1v) is 18.9. The van der Waals surface area contributed by atoms with E-state index in [0.717, 1.165) is 18.1 Å². The van der Waals surface area contributed by atoms with Gasteiger partial charge in [0.05, 0.1) is 32.4 Å². The SMILES string of the molecule is CC[Si](CC)(CC)O[C@H]1C#C/C=C\C#C[C@]2(O)CC3(OCCO3)C(NC(=O)OC)=C1/C2=C/CSSSC. The fraction of sp³-hybridized carbons (Fsp3) is 0.577. The monoisotopic (exact) mass is 581 g/mol. The topological polar surface area (TPSA) is 86.3 Å². The number of rotatable bonds is 10. The summed E-state index contributed by atoms with van der Waals surface area (Å²) in [7, 11) is 4.04. The van der Waals surface area contributed by atoms with Crippen LogP contribution in [0.2, 0.25) is 18.1 Å². The van der Waals surface area contributed by atoms with Gasteiger partial charge >= 0.3 is 6.09 Å². The number of ether oxygens (including phenoxy) is 3. The Bertz CT molecular complexity index is 1050. The molecule has 1 saturated heterocycles. The molecular formula is C26H35NO6S3Si. The van der Waals surface area contributed by atoms with Crippen molar-refractivity contribution in [1.29, 1.82) is 0 Å². The van der Waals surface area contributed by atoms with Crippen LogP contribution in [-0.2, 0) is 18.6 Å². The molecule has 1 aliphatic heterocycles. The zero-order valence-corrected chi connectivity index (χ0v) is 25.4. The second-order valence-electron chi connectivity index (χ2n) is 8.66. The predicted octanol–water partition coefficient (Wildman–Crippen LogP) is 5.03. The van der Waals surface area contributed by atoms with E-state index in [1.165, 1.54) is 7.11 Å². The van der Waals surface area contributed by atoms with Gasteiger partial charge in [-0.1, -0.05) is 72.1 Å². The molecule has 1 fully saturated rings. The van der Waals surface area contributed by atoms with E-state index in [2.05, 4.69) is 49.8 Å². The maximum atomic E-state index is 12.6. The number of aliphatic hydroxyl groups is 1. The van der Waals surface area contributed by atoms with E-state index in [4.69, 9.17) is 18.6 Å². The fourth-order valence-corrected chi connectivity index (χ4v) is 9.82. The number of allylic oxidation sites excluding steroid dienone is 2. The van der Waals surface area contributed by atoms with E-state index >= 15 is 0 Å². The van der Waals surface area contributed by atoms with Crippen LogP contribution in [0.25, 0.3) is 0 Å². The van der Waals surface area contributed by atoms with E-state index in [1.54, 1.807) is 43.6 Å². The van der Waals surface area contributed by atoms with E-state index in [9.17, 15) is 9.90 Å². The first-order valence-electron chi connectivity index (χ1n) is 12.3. The molecule has 37 heavy (non-hydrogen) atoms. The summed E-state index contributed by atoms with van der Waals surface area (Å²) in [4.78, 5) is 12.6. The van der Waals surface area contributed by atoms with E-state index in [0.29, 0.717) is 35.8 Å². The molecule has 202 valence electrons. The van der Waals surface area contributed by atoms with E-state index in [1.807, 2.05) is 12.3 Å². The molecule has 0 aromatic rings. The Morgan fingerprint density at radius 2 is 1.92 bits per heavy atom. The number of hydrogen-bond donors (Lipinski definition) is 2. The van der Waals surface area contributed by atoms with Crippen molar-refractivity contribution in [2.75, 3.05) is 32.3 Å². The quantitative estimate of drug-likeness (QED) is 0.160. The molecule has 2 N–H and O–H groups in total. The fourth-order valence-electron chi connectivity index (χ4n) is 4.73. The molecule has 0 radical (unpaired) electrons. The molecule has 0 aromatic heterocycles. The molecule has 1 spiro atoms. The maximum Gasteiger partial charge on any atom is 0.411 e. The third-order valence-corrected chi connectivity index (χ3v) is 15.2. The minimum atomic E-state index is -2.20. The van der Waals surface area contributed by atoms with Crippen LogP contribution in [0.5, 0.6) is 0 Å². The molecule has 3 aliphatic rings. The number of carbonyl (C=O) groups excluding carboxylic acids is 1. The molecule has 2 aliphatic carbocycles. The third kappa shape index (κ3) is 6.84. The summed E-state index contributed by atoms with van der Waals surface area (Å²) < 4.78 is 24.2. The van der Waals surface area contributed by atoms with Crippen LogP contribution in [0.1, 0.15) is 27.2 Å². The summed E-state index contributed by atoms with van der Waals surface area (Å²) in [6.07, 6.45) is 5.81. The number of alkyl carbamates (subject to hydrolysis) is 1. The van der Waals surface area contributed by atoms with Crippen molar-refractivity contribution < 1.29 is 28.5 Å². The number of hydrogen-bond acceptors (Lipinski definition) is 9.